The summed E-state index contributed by atoms with van der Waals surface area (Å²) in [6.07, 6.45) is 3.27. The van der Waals surface area contributed by atoms with E-state index in [0.29, 0.717) is 5.41 Å². The van der Waals surface area contributed by atoms with E-state index in [1.54, 1.807) is 0 Å². The monoisotopic (exact) mass is 352 g/mol. The highest BCUT2D eigenvalue weighted by Crippen LogP contribution is 2.38. The lowest BCUT2D eigenvalue weighted by Crippen LogP contribution is -2.26. The molecule has 2 atom stereocenters. The van der Waals surface area contributed by atoms with Gasteiger partial charge in [0.05, 0.1) is 5.69 Å². The van der Waals surface area contributed by atoms with Gasteiger partial charge in [-0.1, -0.05) is 33.8 Å². The summed E-state index contributed by atoms with van der Waals surface area (Å²) in [7, 11) is 0. The summed E-state index contributed by atoms with van der Waals surface area (Å²) in [5.74, 6) is 0.776. The molecule has 0 aromatic heterocycles. The molecular formula is C18H29BrN2. The Morgan fingerprint density at radius 3 is 2.62 bits per heavy atom. The maximum absolute atomic E-state index is 6.06. The zero-order valence-corrected chi connectivity index (χ0v) is 15.4. The van der Waals surface area contributed by atoms with E-state index in [0.717, 1.165) is 31.8 Å². The molecule has 0 radical (unpaired) electrons. The van der Waals surface area contributed by atoms with Crippen LogP contribution in [0.1, 0.15) is 46.1 Å². The molecule has 0 bridgehead atoms. The molecule has 2 nitrogen and oxygen atoms in total. The number of benzene rings is 1. The summed E-state index contributed by atoms with van der Waals surface area (Å²) < 4.78 is 1.21. The SMILES string of the molecule is CCC(N)Cc1ccc(N2CCC(C(C)(C)C)C2)c(Br)c1. The Morgan fingerprint density at radius 1 is 1.38 bits per heavy atom. The first-order valence-electron chi connectivity index (χ1n) is 8.10. The summed E-state index contributed by atoms with van der Waals surface area (Å²) in [5.41, 5.74) is 9.11. The van der Waals surface area contributed by atoms with Crippen molar-refractivity contribution in [3.05, 3.63) is 28.2 Å². The molecule has 1 heterocycles. The Kier molecular flexibility index (Phi) is 5.37. The lowest BCUT2D eigenvalue weighted by Gasteiger charge is -2.28. The Balaban J connectivity index is 2.08. The largest absolute Gasteiger partial charge is 0.370 e. The number of nitrogens with zero attached hydrogens (tertiary/aromatic N) is 1. The van der Waals surface area contributed by atoms with Gasteiger partial charge in [0.2, 0.25) is 0 Å². The predicted octanol–water partition coefficient (Wildman–Crippen LogP) is 4.60. The van der Waals surface area contributed by atoms with Crippen LogP contribution < -0.4 is 10.6 Å². The fourth-order valence-corrected chi connectivity index (χ4v) is 3.74. The first-order valence-corrected chi connectivity index (χ1v) is 8.89. The summed E-state index contributed by atoms with van der Waals surface area (Å²) in [5, 5.41) is 0. The molecular weight excluding hydrogens is 324 g/mol. The maximum Gasteiger partial charge on any atom is 0.0510 e. The molecule has 1 aliphatic heterocycles. The van der Waals surface area contributed by atoms with Gasteiger partial charge in [0.25, 0.3) is 0 Å². The van der Waals surface area contributed by atoms with E-state index in [1.165, 1.54) is 22.1 Å². The van der Waals surface area contributed by atoms with Crippen LogP contribution in [0.25, 0.3) is 0 Å². The zero-order valence-electron chi connectivity index (χ0n) is 13.8. The van der Waals surface area contributed by atoms with E-state index in [4.69, 9.17) is 5.73 Å². The quantitative estimate of drug-likeness (QED) is 0.857. The van der Waals surface area contributed by atoms with Crippen LogP contribution >= 0.6 is 15.9 Å². The van der Waals surface area contributed by atoms with Gasteiger partial charge in [0.15, 0.2) is 0 Å². The fraction of sp³-hybridized carbons (Fsp3) is 0.667. The highest BCUT2D eigenvalue weighted by Gasteiger charge is 2.32. The number of anilines is 1. The third kappa shape index (κ3) is 4.23. The van der Waals surface area contributed by atoms with Crippen molar-refractivity contribution in [3.8, 4) is 0 Å². The highest BCUT2D eigenvalue weighted by atomic mass is 79.9. The number of halogens is 1. The van der Waals surface area contributed by atoms with Crippen molar-refractivity contribution in [2.75, 3.05) is 18.0 Å². The lowest BCUT2D eigenvalue weighted by molar-refractivity contribution is 0.263. The van der Waals surface area contributed by atoms with E-state index in [1.807, 2.05) is 0 Å². The van der Waals surface area contributed by atoms with Crippen LogP contribution in [0.2, 0.25) is 0 Å². The molecule has 0 saturated carbocycles. The molecule has 0 amide bonds. The second-order valence-electron chi connectivity index (χ2n) is 7.46. The Labute approximate surface area is 138 Å². The van der Waals surface area contributed by atoms with Gasteiger partial charge < -0.3 is 10.6 Å². The molecule has 21 heavy (non-hydrogen) atoms. The number of nitrogens with two attached hydrogens (primary N) is 1. The fourth-order valence-electron chi connectivity index (χ4n) is 3.07. The van der Waals surface area contributed by atoms with Crippen molar-refractivity contribution >= 4 is 21.6 Å². The number of rotatable bonds is 4. The van der Waals surface area contributed by atoms with Gasteiger partial charge in [-0.2, -0.15) is 0 Å². The van der Waals surface area contributed by atoms with Crippen LogP contribution in [0.5, 0.6) is 0 Å². The van der Waals surface area contributed by atoms with Crippen molar-refractivity contribution in [1.82, 2.24) is 0 Å². The van der Waals surface area contributed by atoms with Crippen LogP contribution in [-0.2, 0) is 6.42 Å². The highest BCUT2D eigenvalue weighted by molar-refractivity contribution is 9.10. The van der Waals surface area contributed by atoms with Crippen molar-refractivity contribution in [2.24, 2.45) is 17.1 Å². The van der Waals surface area contributed by atoms with E-state index in [2.05, 4.69) is 66.7 Å². The molecule has 0 spiro atoms. The lowest BCUT2D eigenvalue weighted by atomic mass is 9.80. The van der Waals surface area contributed by atoms with Gasteiger partial charge in [0.1, 0.15) is 0 Å². The third-order valence-electron chi connectivity index (χ3n) is 4.79. The normalized spacial score (nSPS) is 20.9. The van der Waals surface area contributed by atoms with E-state index in [9.17, 15) is 0 Å². The first kappa shape index (κ1) is 16.8. The van der Waals surface area contributed by atoms with Gasteiger partial charge in [-0.3, -0.25) is 0 Å². The summed E-state index contributed by atoms with van der Waals surface area (Å²) in [6.45, 7) is 11.5. The van der Waals surface area contributed by atoms with Crippen LogP contribution in [-0.4, -0.2) is 19.1 Å². The standard InChI is InChI=1S/C18H29BrN2/c1-5-15(20)10-13-6-7-17(16(19)11-13)21-9-8-14(12-21)18(2,3)4/h6-7,11,14-15H,5,8-10,12,20H2,1-4H3. The molecule has 0 aliphatic carbocycles. The minimum absolute atomic E-state index is 0.264. The molecule has 2 rings (SSSR count). The topological polar surface area (TPSA) is 29.3 Å². The van der Waals surface area contributed by atoms with E-state index < -0.39 is 0 Å². The summed E-state index contributed by atoms with van der Waals surface area (Å²) >= 11 is 3.76. The Hall–Kier alpha value is -0.540. The summed E-state index contributed by atoms with van der Waals surface area (Å²) in [6, 6.07) is 7.00. The van der Waals surface area contributed by atoms with Gasteiger partial charge in [-0.25, -0.2) is 0 Å². The van der Waals surface area contributed by atoms with Gasteiger partial charge >= 0.3 is 0 Å². The number of hydrogen-bond acceptors (Lipinski definition) is 2. The molecule has 2 unspecified atom stereocenters. The van der Waals surface area contributed by atoms with E-state index in [-0.39, 0.29) is 6.04 Å². The van der Waals surface area contributed by atoms with Gasteiger partial charge in [-0.05, 0) is 64.2 Å². The average molecular weight is 353 g/mol. The van der Waals surface area contributed by atoms with Gasteiger partial charge in [-0.15, -0.1) is 0 Å². The molecule has 1 fully saturated rings. The van der Waals surface area contributed by atoms with E-state index >= 15 is 0 Å². The van der Waals surface area contributed by atoms with Gasteiger partial charge in [0, 0.05) is 23.6 Å². The minimum Gasteiger partial charge on any atom is -0.370 e. The van der Waals surface area contributed by atoms with Crippen LogP contribution in [0.15, 0.2) is 22.7 Å². The predicted molar refractivity (Wildman–Crippen MR) is 95.9 cm³/mol. The summed E-state index contributed by atoms with van der Waals surface area (Å²) in [4.78, 5) is 2.52. The molecule has 2 N–H and O–H groups in total. The maximum atomic E-state index is 6.06. The average Bonchev–Trinajstić information content (AvgIpc) is 2.88. The molecule has 1 aromatic rings. The number of hydrogen-bond donors (Lipinski definition) is 1. The smallest absolute Gasteiger partial charge is 0.0510 e. The molecule has 118 valence electrons. The van der Waals surface area contributed by atoms with Crippen molar-refractivity contribution in [1.29, 1.82) is 0 Å². The second-order valence-corrected chi connectivity index (χ2v) is 8.31. The van der Waals surface area contributed by atoms with Crippen LogP contribution in [0.4, 0.5) is 5.69 Å². The molecule has 1 aliphatic rings. The van der Waals surface area contributed by atoms with Crippen molar-refractivity contribution < 1.29 is 0 Å². The Bertz CT molecular complexity index is 479. The van der Waals surface area contributed by atoms with Crippen molar-refractivity contribution in [2.45, 2.75) is 53.0 Å². The molecule has 1 aromatic carbocycles. The van der Waals surface area contributed by atoms with Crippen molar-refractivity contribution in [3.63, 3.8) is 0 Å². The van der Waals surface area contributed by atoms with Crippen LogP contribution in [0.3, 0.4) is 0 Å². The third-order valence-corrected chi connectivity index (χ3v) is 5.42. The minimum atomic E-state index is 0.264. The zero-order chi connectivity index (χ0) is 15.6. The first-order chi connectivity index (χ1) is 9.81. The molecule has 1 saturated heterocycles. The second kappa shape index (κ2) is 6.70. The Morgan fingerprint density at radius 2 is 2.10 bits per heavy atom. The molecule has 3 heteroatoms. The van der Waals surface area contributed by atoms with Crippen LogP contribution in [0, 0.1) is 11.3 Å².